The van der Waals surface area contributed by atoms with Crippen LogP contribution >= 0.6 is 31.9 Å². The van der Waals surface area contributed by atoms with Crippen LogP contribution in [0, 0.1) is 0 Å². The molecule has 4 heteroatoms. The minimum Gasteiger partial charge on any atom is -0.392 e. The highest BCUT2D eigenvalue weighted by molar-refractivity contribution is 9.11. The van der Waals surface area contributed by atoms with E-state index in [1.54, 1.807) is 12.4 Å². The highest BCUT2D eigenvalue weighted by Crippen LogP contribution is 2.25. The second-order valence-electron chi connectivity index (χ2n) is 2.67. The zero-order valence-corrected chi connectivity index (χ0v) is 10.3. The van der Waals surface area contributed by atoms with E-state index in [-0.39, 0.29) is 6.61 Å². The maximum atomic E-state index is 8.86. The molecule has 0 aliphatic rings. The Hall–Kier alpha value is -0.190. The van der Waals surface area contributed by atoms with Crippen molar-refractivity contribution in [2.45, 2.75) is 6.92 Å². The Labute approximate surface area is 94.0 Å². The summed E-state index contributed by atoms with van der Waals surface area (Å²) < 4.78 is 1.82. The summed E-state index contributed by atoms with van der Waals surface area (Å²) in [6.45, 7) is 1.94. The molecular formula is C9H9Br2NO. The van der Waals surface area contributed by atoms with E-state index in [1.807, 2.05) is 13.0 Å². The number of rotatable bonds is 2. The van der Waals surface area contributed by atoms with Crippen LogP contribution < -0.4 is 0 Å². The van der Waals surface area contributed by atoms with Gasteiger partial charge in [0.15, 0.2) is 0 Å². The molecule has 1 aromatic heterocycles. The molecule has 0 radical (unpaired) electrons. The second kappa shape index (κ2) is 4.88. The highest BCUT2D eigenvalue weighted by Gasteiger charge is 2.02. The number of hydrogen-bond donors (Lipinski definition) is 1. The van der Waals surface area contributed by atoms with E-state index in [9.17, 15) is 0 Å². The van der Waals surface area contributed by atoms with Crippen molar-refractivity contribution < 1.29 is 5.11 Å². The fourth-order valence-electron chi connectivity index (χ4n) is 0.851. The summed E-state index contributed by atoms with van der Waals surface area (Å²) in [5, 5.41) is 8.86. The first-order valence-corrected chi connectivity index (χ1v) is 5.30. The molecule has 0 fully saturated rings. The van der Waals surface area contributed by atoms with Crippen LogP contribution in [0.1, 0.15) is 12.5 Å². The van der Waals surface area contributed by atoms with Crippen molar-refractivity contribution in [1.29, 1.82) is 0 Å². The normalized spacial score (nSPS) is 11.8. The van der Waals surface area contributed by atoms with Crippen molar-refractivity contribution in [3.8, 4) is 0 Å². The molecule has 0 amide bonds. The number of aliphatic hydroxyl groups excluding tert-OH is 1. The first-order chi connectivity index (χ1) is 6.15. The predicted molar refractivity (Wildman–Crippen MR) is 60.4 cm³/mol. The van der Waals surface area contributed by atoms with E-state index < -0.39 is 0 Å². The van der Waals surface area contributed by atoms with Gasteiger partial charge in [-0.25, -0.2) is 0 Å². The molecule has 0 spiro atoms. The van der Waals surface area contributed by atoms with Crippen molar-refractivity contribution in [2.24, 2.45) is 0 Å². The van der Waals surface area contributed by atoms with Gasteiger partial charge in [0.25, 0.3) is 0 Å². The molecule has 0 saturated carbocycles. The average molecular weight is 307 g/mol. The lowest BCUT2D eigenvalue weighted by Crippen LogP contribution is -1.87. The van der Waals surface area contributed by atoms with Gasteiger partial charge in [-0.3, -0.25) is 4.98 Å². The SMILES string of the molecule is C/C(=C\c1c(Br)cncc1Br)CO. The zero-order valence-electron chi connectivity index (χ0n) is 7.09. The Balaban J connectivity index is 3.14. The Morgan fingerprint density at radius 3 is 2.46 bits per heavy atom. The van der Waals surface area contributed by atoms with Gasteiger partial charge in [-0.2, -0.15) is 0 Å². The third-order valence-electron chi connectivity index (χ3n) is 1.53. The third-order valence-corrected chi connectivity index (χ3v) is 2.79. The average Bonchev–Trinajstić information content (AvgIpc) is 2.11. The Morgan fingerprint density at radius 2 is 2.00 bits per heavy atom. The minimum atomic E-state index is 0.0706. The molecule has 1 N–H and O–H groups in total. The van der Waals surface area contributed by atoms with Gasteiger partial charge in [0, 0.05) is 26.9 Å². The lowest BCUT2D eigenvalue weighted by Gasteiger charge is -2.02. The standard InChI is InChI=1S/C9H9Br2NO/c1-6(5-13)2-7-8(10)3-12-4-9(7)11/h2-4,13H,5H2,1H3/b6-2+. The maximum Gasteiger partial charge on any atom is 0.0642 e. The molecule has 0 bridgehead atoms. The molecule has 70 valence electrons. The summed E-state index contributed by atoms with van der Waals surface area (Å²) in [4.78, 5) is 3.99. The molecule has 0 aliphatic carbocycles. The molecule has 1 rings (SSSR count). The first kappa shape index (κ1) is 10.9. The Morgan fingerprint density at radius 1 is 1.46 bits per heavy atom. The van der Waals surface area contributed by atoms with Crippen LogP contribution in [0.15, 0.2) is 26.9 Å². The summed E-state index contributed by atoms with van der Waals surface area (Å²) in [6.07, 6.45) is 5.36. The van der Waals surface area contributed by atoms with E-state index in [4.69, 9.17) is 5.11 Å². The molecule has 2 nitrogen and oxygen atoms in total. The molecule has 0 aromatic carbocycles. The van der Waals surface area contributed by atoms with Crippen LogP contribution in [0.5, 0.6) is 0 Å². The van der Waals surface area contributed by atoms with Gasteiger partial charge in [0.05, 0.1) is 6.61 Å². The minimum absolute atomic E-state index is 0.0706. The Bertz CT molecular complexity index is 316. The third kappa shape index (κ3) is 2.90. The van der Waals surface area contributed by atoms with Gasteiger partial charge in [-0.05, 0) is 44.4 Å². The number of aliphatic hydroxyl groups is 1. The topological polar surface area (TPSA) is 33.1 Å². The number of halogens is 2. The summed E-state index contributed by atoms with van der Waals surface area (Å²) in [5.74, 6) is 0. The van der Waals surface area contributed by atoms with Gasteiger partial charge >= 0.3 is 0 Å². The maximum absolute atomic E-state index is 8.86. The zero-order chi connectivity index (χ0) is 9.84. The molecule has 1 heterocycles. The van der Waals surface area contributed by atoms with Crippen LogP contribution in [-0.2, 0) is 0 Å². The van der Waals surface area contributed by atoms with Crippen molar-refractivity contribution >= 4 is 37.9 Å². The number of aromatic nitrogens is 1. The van der Waals surface area contributed by atoms with Crippen LogP contribution in [0.3, 0.4) is 0 Å². The van der Waals surface area contributed by atoms with E-state index >= 15 is 0 Å². The number of nitrogens with zero attached hydrogens (tertiary/aromatic N) is 1. The van der Waals surface area contributed by atoms with Crippen LogP contribution in [-0.4, -0.2) is 16.7 Å². The van der Waals surface area contributed by atoms with Gasteiger partial charge < -0.3 is 5.11 Å². The fraction of sp³-hybridized carbons (Fsp3) is 0.222. The van der Waals surface area contributed by atoms with E-state index in [0.717, 1.165) is 20.1 Å². The van der Waals surface area contributed by atoms with Gasteiger partial charge in [0.2, 0.25) is 0 Å². The molecular weight excluding hydrogens is 298 g/mol. The molecule has 0 aliphatic heterocycles. The monoisotopic (exact) mass is 305 g/mol. The van der Waals surface area contributed by atoms with Gasteiger partial charge in [0.1, 0.15) is 0 Å². The number of hydrogen-bond acceptors (Lipinski definition) is 2. The van der Waals surface area contributed by atoms with Crippen molar-refractivity contribution in [3.05, 3.63) is 32.5 Å². The van der Waals surface area contributed by atoms with Gasteiger partial charge in [-0.15, -0.1) is 0 Å². The fourth-order valence-corrected chi connectivity index (χ4v) is 2.01. The summed E-state index contributed by atoms with van der Waals surface area (Å²) in [6, 6.07) is 0. The summed E-state index contributed by atoms with van der Waals surface area (Å²) in [7, 11) is 0. The van der Waals surface area contributed by atoms with Crippen LogP contribution in [0.2, 0.25) is 0 Å². The smallest absolute Gasteiger partial charge is 0.0642 e. The lowest BCUT2D eigenvalue weighted by molar-refractivity contribution is 0.332. The van der Waals surface area contributed by atoms with Crippen LogP contribution in [0.25, 0.3) is 6.08 Å². The molecule has 0 atom stereocenters. The Kier molecular flexibility index (Phi) is 4.09. The molecule has 13 heavy (non-hydrogen) atoms. The van der Waals surface area contributed by atoms with Crippen molar-refractivity contribution in [2.75, 3.05) is 6.61 Å². The predicted octanol–water partition coefficient (Wildman–Crippen LogP) is 3.00. The van der Waals surface area contributed by atoms with Gasteiger partial charge in [-0.1, -0.05) is 6.08 Å². The summed E-state index contributed by atoms with van der Waals surface area (Å²) in [5.41, 5.74) is 1.91. The quantitative estimate of drug-likeness (QED) is 0.911. The molecule has 1 aromatic rings. The van der Waals surface area contributed by atoms with E-state index in [0.29, 0.717) is 0 Å². The van der Waals surface area contributed by atoms with E-state index in [2.05, 4.69) is 36.8 Å². The summed E-state index contributed by atoms with van der Waals surface area (Å²) >= 11 is 6.77. The van der Waals surface area contributed by atoms with Crippen molar-refractivity contribution in [3.63, 3.8) is 0 Å². The largest absolute Gasteiger partial charge is 0.392 e. The lowest BCUT2D eigenvalue weighted by atomic mass is 10.2. The number of pyridine rings is 1. The van der Waals surface area contributed by atoms with E-state index in [1.165, 1.54) is 0 Å². The highest BCUT2D eigenvalue weighted by atomic mass is 79.9. The second-order valence-corrected chi connectivity index (χ2v) is 4.37. The first-order valence-electron chi connectivity index (χ1n) is 3.72. The van der Waals surface area contributed by atoms with Crippen LogP contribution in [0.4, 0.5) is 0 Å². The van der Waals surface area contributed by atoms with Crippen molar-refractivity contribution in [1.82, 2.24) is 4.98 Å². The molecule has 0 saturated heterocycles. The molecule has 0 unspecified atom stereocenters.